The molecule has 0 saturated heterocycles. The molecule has 110 valence electrons. The highest BCUT2D eigenvalue weighted by atomic mass is 79.9. The van der Waals surface area contributed by atoms with E-state index in [1.807, 2.05) is 6.92 Å². The molecule has 1 amide bonds. The second kappa shape index (κ2) is 7.12. The molecule has 2 N–H and O–H groups in total. The fraction of sp³-hybridized carbons (Fsp3) is 0.214. The Balaban J connectivity index is 2.07. The number of hydrogen-bond acceptors (Lipinski definition) is 4. The molecular formula is C14H14BrFN4O. The molecule has 1 aromatic carbocycles. The van der Waals surface area contributed by atoms with Gasteiger partial charge in [-0.05, 0) is 36.8 Å². The van der Waals surface area contributed by atoms with Gasteiger partial charge in [0.2, 0.25) is 0 Å². The van der Waals surface area contributed by atoms with Crippen molar-refractivity contribution in [2.45, 2.75) is 13.3 Å². The van der Waals surface area contributed by atoms with Crippen LogP contribution in [0.15, 0.2) is 34.8 Å². The first-order valence-corrected chi connectivity index (χ1v) is 7.23. The zero-order chi connectivity index (χ0) is 15.2. The summed E-state index contributed by atoms with van der Waals surface area (Å²) in [6.07, 6.45) is 0.964. The van der Waals surface area contributed by atoms with Gasteiger partial charge in [0.15, 0.2) is 5.69 Å². The number of carbonyl (C=O) groups is 1. The van der Waals surface area contributed by atoms with Gasteiger partial charge < -0.3 is 10.6 Å². The normalized spacial score (nSPS) is 10.2. The number of carbonyl (C=O) groups excluding carboxylic acids is 1. The quantitative estimate of drug-likeness (QED) is 0.864. The second-order valence-corrected chi connectivity index (χ2v) is 5.22. The zero-order valence-electron chi connectivity index (χ0n) is 11.4. The molecule has 0 saturated carbocycles. The SMILES string of the molecule is CCCNc1ccc(C(=O)Nc2cc(Br)ccc2F)nn1. The lowest BCUT2D eigenvalue weighted by Gasteiger charge is -2.07. The molecule has 7 heteroatoms. The van der Waals surface area contributed by atoms with Gasteiger partial charge in [0.25, 0.3) is 5.91 Å². The predicted molar refractivity (Wildman–Crippen MR) is 82.9 cm³/mol. The Morgan fingerprint density at radius 1 is 1.29 bits per heavy atom. The van der Waals surface area contributed by atoms with E-state index in [1.54, 1.807) is 12.1 Å². The van der Waals surface area contributed by atoms with Gasteiger partial charge in [-0.1, -0.05) is 22.9 Å². The summed E-state index contributed by atoms with van der Waals surface area (Å²) in [4.78, 5) is 12.0. The van der Waals surface area contributed by atoms with Crippen molar-refractivity contribution in [1.82, 2.24) is 10.2 Å². The maximum atomic E-state index is 13.6. The van der Waals surface area contributed by atoms with E-state index in [0.29, 0.717) is 10.3 Å². The number of benzene rings is 1. The zero-order valence-corrected chi connectivity index (χ0v) is 12.9. The van der Waals surface area contributed by atoms with Crippen LogP contribution in [0.5, 0.6) is 0 Å². The molecule has 5 nitrogen and oxygen atoms in total. The van der Waals surface area contributed by atoms with Gasteiger partial charge in [-0.3, -0.25) is 4.79 Å². The van der Waals surface area contributed by atoms with Gasteiger partial charge in [-0.2, -0.15) is 0 Å². The monoisotopic (exact) mass is 352 g/mol. The first kappa shape index (κ1) is 15.4. The number of amides is 1. The van der Waals surface area contributed by atoms with Crippen LogP contribution in [0.2, 0.25) is 0 Å². The maximum Gasteiger partial charge on any atom is 0.276 e. The van der Waals surface area contributed by atoms with Crippen molar-refractivity contribution in [2.75, 3.05) is 17.2 Å². The molecule has 0 bridgehead atoms. The summed E-state index contributed by atoms with van der Waals surface area (Å²) in [7, 11) is 0. The minimum absolute atomic E-state index is 0.0874. The summed E-state index contributed by atoms with van der Waals surface area (Å²) in [6, 6.07) is 7.50. The van der Waals surface area contributed by atoms with Crippen LogP contribution in [0, 0.1) is 5.82 Å². The second-order valence-electron chi connectivity index (χ2n) is 4.31. The summed E-state index contributed by atoms with van der Waals surface area (Å²) < 4.78 is 14.2. The molecule has 2 rings (SSSR count). The van der Waals surface area contributed by atoms with Crippen molar-refractivity contribution < 1.29 is 9.18 Å². The fourth-order valence-electron chi connectivity index (χ4n) is 1.58. The van der Waals surface area contributed by atoms with Crippen molar-refractivity contribution in [3.05, 3.63) is 46.3 Å². The number of anilines is 2. The fourth-order valence-corrected chi connectivity index (χ4v) is 1.94. The van der Waals surface area contributed by atoms with E-state index in [2.05, 4.69) is 36.8 Å². The lowest BCUT2D eigenvalue weighted by molar-refractivity contribution is 0.102. The van der Waals surface area contributed by atoms with Crippen LogP contribution < -0.4 is 10.6 Å². The Morgan fingerprint density at radius 2 is 2.10 bits per heavy atom. The molecule has 0 aliphatic carbocycles. The third-order valence-electron chi connectivity index (χ3n) is 2.63. The molecule has 21 heavy (non-hydrogen) atoms. The Kier molecular flexibility index (Phi) is 5.21. The highest BCUT2D eigenvalue weighted by Crippen LogP contribution is 2.20. The average molecular weight is 353 g/mol. The van der Waals surface area contributed by atoms with E-state index in [-0.39, 0.29) is 11.4 Å². The predicted octanol–water partition coefficient (Wildman–Crippen LogP) is 3.45. The van der Waals surface area contributed by atoms with Crippen molar-refractivity contribution >= 4 is 33.3 Å². The lowest BCUT2D eigenvalue weighted by atomic mass is 10.3. The van der Waals surface area contributed by atoms with Gasteiger partial charge in [0.05, 0.1) is 5.69 Å². The summed E-state index contributed by atoms with van der Waals surface area (Å²) in [5.41, 5.74) is 0.209. The van der Waals surface area contributed by atoms with Crippen LogP contribution >= 0.6 is 15.9 Å². The van der Waals surface area contributed by atoms with Gasteiger partial charge in [-0.25, -0.2) is 4.39 Å². The van der Waals surface area contributed by atoms with Crippen LogP contribution in [0.3, 0.4) is 0 Å². The van der Waals surface area contributed by atoms with Gasteiger partial charge >= 0.3 is 0 Å². The molecule has 0 fully saturated rings. The molecule has 0 atom stereocenters. The van der Waals surface area contributed by atoms with Gasteiger partial charge in [0, 0.05) is 11.0 Å². The smallest absolute Gasteiger partial charge is 0.276 e. The molecule has 1 aromatic heterocycles. The Morgan fingerprint density at radius 3 is 2.76 bits per heavy atom. The molecule has 1 heterocycles. The van der Waals surface area contributed by atoms with Crippen LogP contribution in [0.25, 0.3) is 0 Å². The minimum atomic E-state index is -0.513. The van der Waals surface area contributed by atoms with Crippen LogP contribution in [-0.4, -0.2) is 22.6 Å². The summed E-state index contributed by atoms with van der Waals surface area (Å²) in [5, 5.41) is 13.2. The van der Waals surface area contributed by atoms with Crippen molar-refractivity contribution in [3.8, 4) is 0 Å². The first-order valence-electron chi connectivity index (χ1n) is 6.44. The van der Waals surface area contributed by atoms with Crippen LogP contribution in [-0.2, 0) is 0 Å². The number of hydrogen-bond donors (Lipinski definition) is 2. The molecule has 2 aromatic rings. The Bertz CT molecular complexity index is 633. The third-order valence-corrected chi connectivity index (χ3v) is 3.12. The molecule has 0 aliphatic rings. The highest BCUT2D eigenvalue weighted by Gasteiger charge is 2.11. The number of halogens is 2. The molecular weight excluding hydrogens is 339 g/mol. The van der Waals surface area contributed by atoms with Crippen LogP contribution in [0.4, 0.5) is 15.9 Å². The standard InChI is InChI=1S/C14H14BrFN4O/c1-2-7-17-13-6-5-11(19-20-13)14(21)18-12-8-9(15)3-4-10(12)16/h3-6,8H,2,7H2,1H3,(H,17,20)(H,18,21). The lowest BCUT2D eigenvalue weighted by Crippen LogP contribution is -2.15. The van der Waals surface area contributed by atoms with E-state index in [4.69, 9.17) is 0 Å². The average Bonchev–Trinajstić information content (AvgIpc) is 2.49. The van der Waals surface area contributed by atoms with E-state index in [0.717, 1.165) is 13.0 Å². The third kappa shape index (κ3) is 4.22. The topological polar surface area (TPSA) is 66.9 Å². The minimum Gasteiger partial charge on any atom is -0.369 e. The molecule has 0 unspecified atom stereocenters. The number of aromatic nitrogens is 2. The Hall–Kier alpha value is -2.02. The van der Waals surface area contributed by atoms with E-state index in [9.17, 15) is 9.18 Å². The number of rotatable bonds is 5. The molecule has 0 aliphatic heterocycles. The largest absolute Gasteiger partial charge is 0.369 e. The summed E-state index contributed by atoms with van der Waals surface area (Å²) in [6.45, 7) is 2.82. The first-order chi connectivity index (χ1) is 10.1. The van der Waals surface area contributed by atoms with Gasteiger partial charge in [-0.15, -0.1) is 10.2 Å². The highest BCUT2D eigenvalue weighted by molar-refractivity contribution is 9.10. The number of nitrogens with zero attached hydrogens (tertiary/aromatic N) is 2. The van der Waals surface area contributed by atoms with Crippen LogP contribution in [0.1, 0.15) is 23.8 Å². The summed E-state index contributed by atoms with van der Waals surface area (Å²) in [5.74, 6) is -0.427. The van der Waals surface area contributed by atoms with Gasteiger partial charge in [0.1, 0.15) is 11.6 Å². The maximum absolute atomic E-state index is 13.6. The molecule has 0 radical (unpaired) electrons. The van der Waals surface area contributed by atoms with Crippen molar-refractivity contribution in [2.24, 2.45) is 0 Å². The summed E-state index contributed by atoms with van der Waals surface area (Å²) >= 11 is 3.22. The van der Waals surface area contributed by atoms with E-state index in [1.165, 1.54) is 18.2 Å². The van der Waals surface area contributed by atoms with Crippen molar-refractivity contribution in [1.29, 1.82) is 0 Å². The number of nitrogens with one attached hydrogen (secondary N) is 2. The van der Waals surface area contributed by atoms with Crippen molar-refractivity contribution in [3.63, 3.8) is 0 Å². The van der Waals surface area contributed by atoms with E-state index < -0.39 is 11.7 Å². The molecule has 0 spiro atoms. The Labute approximate surface area is 130 Å². The van der Waals surface area contributed by atoms with E-state index >= 15 is 0 Å².